The number of carbonyl (C=O) groups is 1. The van der Waals surface area contributed by atoms with E-state index in [2.05, 4.69) is 0 Å². The zero-order valence-corrected chi connectivity index (χ0v) is 23.1. The molecule has 0 unspecified atom stereocenters. The number of anilines is 1. The molecule has 3 rings (SSSR count). The fraction of sp³-hybridized carbons (Fsp3) is 0.360. The summed E-state index contributed by atoms with van der Waals surface area (Å²) in [4.78, 5) is 21.8. The minimum absolute atomic E-state index is 0. The average molecular weight is 538 g/mol. The Morgan fingerprint density at radius 2 is 1.47 bits per heavy atom. The van der Waals surface area contributed by atoms with E-state index < -0.39 is 0 Å². The molecule has 0 N–H and O–H groups in total. The summed E-state index contributed by atoms with van der Waals surface area (Å²) in [5.74, 6) is 2.59. The van der Waals surface area contributed by atoms with E-state index in [9.17, 15) is 4.79 Å². The van der Waals surface area contributed by atoms with Gasteiger partial charge >= 0.3 is 0 Å². The number of aromatic nitrogens is 1. The maximum atomic E-state index is 13.4. The van der Waals surface area contributed by atoms with Crippen LogP contribution in [0.3, 0.4) is 0 Å². The monoisotopic (exact) mass is 537 g/mol. The molecule has 0 spiro atoms. The zero-order valence-electron chi connectivity index (χ0n) is 21.5. The maximum Gasteiger partial charge on any atom is 0.252 e. The number of hydrogen-bond acceptors (Lipinski definition) is 9. The fourth-order valence-corrected chi connectivity index (χ4v) is 4.55. The van der Waals surface area contributed by atoms with Gasteiger partial charge in [-0.1, -0.05) is 11.3 Å². The van der Waals surface area contributed by atoms with Crippen molar-refractivity contribution in [2.75, 3.05) is 67.6 Å². The minimum atomic E-state index is -0.211. The Morgan fingerprint density at radius 1 is 0.889 bits per heavy atom. The number of carbonyl (C=O) groups excluding carboxylic acids is 1. The highest BCUT2D eigenvalue weighted by molar-refractivity contribution is 7.22. The van der Waals surface area contributed by atoms with E-state index >= 15 is 0 Å². The van der Waals surface area contributed by atoms with E-state index in [1.807, 2.05) is 25.1 Å². The predicted octanol–water partition coefficient (Wildman–Crippen LogP) is 4.37. The minimum Gasteiger partial charge on any atom is -0.495 e. The van der Waals surface area contributed by atoms with E-state index in [1.165, 1.54) is 17.4 Å². The normalized spacial score (nSPS) is 10.9. The van der Waals surface area contributed by atoms with Gasteiger partial charge in [0.05, 0.1) is 35.5 Å². The first-order valence-corrected chi connectivity index (χ1v) is 11.6. The molecule has 196 valence electrons. The second-order valence-corrected chi connectivity index (χ2v) is 8.71. The standard InChI is InChI=1S/C25H31N3O6S.ClH/c1-27(2)12-13-28(25-26-22-17(30-3)9-10-18(31-4)24(22)35-25)21(29)11-8-16-14-19(32-5)23(34-7)20(15-16)33-6;/h8-11,14-15H,12-13H2,1-7H3;1H. The Bertz CT molecular complexity index is 1150. The van der Waals surface area contributed by atoms with E-state index in [-0.39, 0.29) is 18.3 Å². The van der Waals surface area contributed by atoms with Gasteiger partial charge in [-0.15, -0.1) is 12.4 Å². The van der Waals surface area contributed by atoms with Crippen LogP contribution in [0.1, 0.15) is 5.56 Å². The van der Waals surface area contributed by atoms with Gasteiger partial charge < -0.3 is 28.6 Å². The van der Waals surface area contributed by atoms with Crippen molar-refractivity contribution in [2.24, 2.45) is 0 Å². The first kappa shape index (κ1) is 29.0. The topological polar surface area (TPSA) is 82.6 Å². The number of amides is 1. The number of halogens is 1. The number of nitrogens with zero attached hydrogens (tertiary/aromatic N) is 3. The SMILES string of the molecule is COc1cc(C=CC(=O)N(CCN(C)C)c2nc3c(OC)ccc(OC)c3s2)cc(OC)c1OC.Cl. The van der Waals surface area contributed by atoms with Crippen LogP contribution in [0.2, 0.25) is 0 Å². The Balaban J connectivity index is 0.00000456. The number of likely N-dealkylation sites (N-methyl/N-ethyl adjacent to an activating group) is 1. The fourth-order valence-electron chi connectivity index (χ4n) is 3.44. The third kappa shape index (κ3) is 6.31. The molecule has 0 saturated heterocycles. The molecule has 0 aliphatic carbocycles. The molecule has 1 heterocycles. The second-order valence-electron chi connectivity index (χ2n) is 7.73. The highest BCUT2D eigenvalue weighted by atomic mass is 35.5. The van der Waals surface area contributed by atoms with Gasteiger partial charge in [0.25, 0.3) is 5.91 Å². The van der Waals surface area contributed by atoms with Crippen LogP contribution >= 0.6 is 23.7 Å². The number of fused-ring (bicyclic) bond motifs is 1. The van der Waals surface area contributed by atoms with Crippen LogP contribution in [-0.4, -0.2) is 78.5 Å². The summed E-state index contributed by atoms with van der Waals surface area (Å²) < 4.78 is 28.0. The molecule has 2 aromatic carbocycles. The van der Waals surface area contributed by atoms with E-state index in [4.69, 9.17) is 28.7 Å². The first-order valence-electron chi connectivity index (χ1n) is 10.8. The van der Waals surface area contributed by atoms with E-state index in [0.717, 1.165) is 10.3 Å². The van der Waals surface area contributed by atoms with Crippen molar-refractivity contribution < 1.29 is 28.5 Å². The van der Waals surface area contributed by atoms with Gasteiger partial charge in [-0.05, 0) is 50.0 Å². The Hall–Kier alpha value is -3.21. The molecular weight excluding hydrogens is 506 g/mol. The van der Waals surface area contributed by atoms with Crippen LogP contribution in [0.5, 0.6) is 28.7 Å². The predicted molar refractivity (Wildman–Crippen MR) is 146 cm³/mol. The molecule has 3 aromatic rings. The van der Waals surface area contributed by atoms with Gasteiger partial charge in [0, 0.05) is 19.2 Å². The third-order valence-corrected chi connectivity index (χ3v) is 6.37. The second kappa shape index (κ2) is 13.2. The van der Waals surface area contributed by atoms with Gasteiger partial charge in [0.1, 0.15) is 21.7 Å². The molecule has 1 amide bonds. The zero-order chi connectivity index (χ0) is 25.5. The molecule has 1 aromatic heterocycles. The molecule has 0 bridgehead atoms. The first-order chi connectivity index (χ1) is 16.9. The molecule has 0 atom stereocenters. The summed E-state index contributed by atoms with van der Waals surface area (Å²) in [5.41, 5.74) is 1.39. The number of benzene rings is 2. The van der Waals surface area contributed by atoms with Crippen LogP contribution in [0.4, 0.5) is 5.13 Å². The maximum absolute atomic E-state index is 13.4. The summed E-state index contributed by atoms with van der Waals surface area (Å²) in [6.07, 6.45) is 3.22. The van der Waals surface area contributed by atoms with Crippen molar-refractivity contribution in [2.45, 2.75) is 0 Å². The van der Waals surface area contributed by atoms with Gasteiger partial charge in [0.2, 0.25) is 5.75 Å². The molecule has 0 aliphatic rings. The summed E-state index contributed by atoms with van der Waals surface area (Å²) in [7, 11) is 11.8. The quantitative estimate of drug-likeness (QED) is 0.333. The molecule has 0 radical (unpaired) electrons. The molecule has 36 heavy (non-hydrogen) atoms. The van der Waals surface area contributed by atoms with Crippen LogP contribution in [0, 0.1) is 0 Å². The van der Waals surface area contributed by atoms with Gasteiger partial charge in [0.15, 0.2) is 16.6 Å². The van der Waals surface area contributed by atoms with Crippen molar-refractivity contribution in [3.8, 4) is 28.7 Å². The summed E-state index contributed by atoms with van der Waals surface area (Å²) in [5, 5.41) is 0.559. The van der Waals surface area contributed by atoms with Crippen LogP contribution in [-0.2, 0) is 4.79 Å². The van der Waals surface area contributed by atoms with Crippen molar-refractivity contribution in [3.05, 3.63) is 35.9 Å². The number of ether oxygens (including phenoxy) is 5. The Morgan fingerprint density at radius 3 is 2.00 bits per heavy atom. The molecule has 9 nitrogen and oxygen atoms in total. The van der Waals surface area contributed by atoms with Gasteiger partial charge in [-0.2, -0.15) is 0 Å². The lowest BCUT2D eigenvalue weighted by Crippen LogP contribution is -2.35. The number of rotatable bonds is 11. The Kier molecular flexibility index (Phi) is 10.6. The number of methoxy groups -OCH3 is 5. The third-order valence-electron chi connectivity index (χ3n) is 5.27. The lowest BCUT2D eigenvalue weighted by molar-refractivity contribution is -0.114. The van der Waals surface area contributed by atoms with Crippen LogP contribution in [0.15, 0.2) is 30.3 Å². The summed E-state index contributed by atoms with van der Waals surface area (Å²) >= 11 is 1.38. The van der Waals surface area contributed by atoms with Crippen molar-refractivity contribution in [1.82, 2.24) is 9.88 Å². The lowest BCUT2D eigenvalue weighted by atomic mass is 10.1. The molecule has 0 aliphatic heterocycles. The molecule has 0 saturated carbocycles. The van der Waals surface area contributed by atoms with E-state index in [1.54, 1.807) is 64.7 Å². The smallest absolute Gasteiger partial charge is 0.252 e. The molecule has 0 fully saturated rings. The highest BCUT2D eigenvalue weighted by Gasteiger charge is 2.21. The number of hydrogen-bond donors (Lipinski definition) is 0. The van der Waals surface area contributed by atoms with Crippen LogP contribution < -0.4 is 28.6 Å². The van der Waals surface area contributed by atoms with Gasteiger partial charge in [-0.3, -0.25) is 9.69 Å². The summed E-state index contributed by atoms with van der Waals surface area (Å²) in [6, 6.07) is 7.20. The van der Waals surface area contributed by atoms with Gasteiger partial charge in [-0.25, -0.2) is 4.98 Å². The summed E-state index contributed by atoms with van der Waals surface area (Å²) in [6.45, 7) is 1.11. The van der Waals surface area contributed by atoms with Crippen molar-refractivity contribution >= 4 is 51.1 Å². The Labute approximate surface area is 221 Å². The largest absolute Gasteiger partial charge is 0.495 e. The number of thiazole rings is 1. The van der Waals surface area contributed by atoms with Crippen molar-refractivity contribution in [1.29, 1.82) is 0 Å². The average Bonchev–Trinajstić information content (AvgIpc) is 3.31. The molecule has 11 heteroatoms. The van der Waals surface area contributed by atoms with Crippen molar-refractivity contribution in [3.63, 3.8) is 0 Å². The molecular formula is C25H32ClN3O6S. The highest BCUT2D eigenvalue weighted by Crippen LogP contribution is 2.41. The lowest BCUT2D eigenvalue weighted by Gasteiger charge is -2.20. The van der Waals surface area contributed by atoms with Crippen LogP contribution in [0.25, 0.3) is 16.3 Å². The van der Waals surface area contributed by atoms with E-state index in [0.29, 0.717) is 52.5 Å².